The molecule has 1 aromatic heterocycles. The van der Waals surface area contributed by atoms with E-state index in [9.17, 15) is 9.59 Å². The quantitative estimate of drug-likeness (QED) is 0.806. The van der Waals surface area contributed by atoms with Gasteiger partial charge in [0, 0.05) is 4.88 Å². The van der Waals surface area contributed by atoms with Crippen LogP contribution in [0.5, 0.6) is 5.75 Å². The number of amides is 1. The number of rotatable bonds is 4. The maximum Gasteiger partial charge on any atom is 0.417 e. The average molecular weight is 359 g/mol. The van der Waals surface area contributed by atoms with Crippen LogP contribution in [-0.2, 0) is 17.6 Å². The lowest BCUT2D eigenvalue weighted by Crippen LogP contribution is -2.19. The van der Waals surface area contributed by atoms with Gasteiger partial charge in [0.25, 0.3) is 0 Å². The lowest BCUT2D eigenvalue weighted by molar-refractivity contribution is 0.0526. The number of ether oxygens (including phenoxy) is 2. The Morgan fingerprint density at radius 1 is 1.28 bits per heavy atom. The Morgan fingerprint density at radius 2 is 2.04 bits per heavy atom. The third-order valence-corrected chi connectivity index (χ3v) is 5.33. The van der Waals surface area contributed by atoms with E-state index in [0.29, 0.717) is 28.8 Å². The number of fused-ring (bicyclic) bond motifs is 1. The number of anilines is 1. The number of nitrogens with one attached hydrogen (secondary N) is 1. The molecule has 0 saturated carbocycles. The summed E-state index contributed by atoms with van der Waals surface area (Å²) < 4.78 is 10.5. The van der Waals surface area contributed by atoms with Crippen molar-refractivity contribution in [3.05, 3.63) is 46.3 Å². The maximum absolute atomic E-state index is 12.4. The van der Waals surface area contributed by atoms with E-state index in [4.69, 9.17) is 9.47 Å². The van der Waals surface area contributed by atoms with Crippen molar-refractivity contribution in [2.24, 2.45) is 5.92 Å². The molecule has 0 unspecified atom stereocenters. The second-order valence-electron chi connectivity index (χ2n) is 6.10. The molecule has 0 radical (unpaired) electrons. The molecule has 25 heavy (non-hydrogen) atoms. The van der Waals surface area contributed by atoms with Crippen molar-refractivity contribution in [1.29, 1.82) is 0 Å². The van der Waals surface area contributed by atoms with E-state index in [2.05, 4.69) is 12.2 Å². The molecule has 0 aliphatic heterocycles. The van der Waals surface area contributed by atoms with Gasteiger partial charge in [0.2, 0.25) is 0 Å². The van der Waals surface area contributed by atoms with Crippen molar-refractivity contribution in [2.75, 3.05) is 11.9 Å². The first kappa shape index (κ1) is 17.5. The number of para-hydroxylation sites is 1. The molecule has 1 heterocycles. The minimum Gasteiger partial charge on any atom is -0.462 e. The van der Waals surface area contributed by atoms with Crippen LogP contribution in [0, 0.1) is 5.92 Å². The van der Waals surface area contributed by atoms with E-state index in [-0.39, 0.29) is 5.97 Å². The summed E-state index contributed by atoms with van der Waals surface area (Å²) in [7, 11) is 0. The largest absolute Gasteiger partial charge is 0.462 e. The van der Waals surface area contributed by atoms with Crippen molar-refractivity contribution in [1.82, 2.24) is 0 Å². The number of hydrogen-bond acceptors (Lipinski definition) is 5. The molecule has 1 aliphatic carbocycles. The van der Waals surface area contributed by atoms with Crippen LogP contribution in [0.3, 0.4) is 0 Å². The summed E-state index contributed by atoms with van der Waals surface area (Å²) in [6.07, 6.45) is 2.17. The Balaban J connectivity index is 1.84. The summed E-state index contributed by atoms with van der Waals surface area (Å²) in [5.41, 5.74) is 1.50. The van der Waals surface area contributed by atoms with Crippen molar-refractivity contribution in [2.45, 2.75) is 33.1 Å². The van der Waals surface area contributed by atoms with Gasteiger partial charge in [-0.1, -0.05) is 25.1 Å². The Kier molecular flexibility index (Phi) is 5.38. The second kappa shape index (κ2) is 7.70. The monoisotopic (exact) mass is 359 g/mol. The maximum atomic E-state index is 12.4. The van der Waals surface area contributed by atoms with Crippen LogP contribution < -0.4 is 10.1 Å². The highest BCUT2D eigenvalue weighted by Gasteiger charge is 2.29. The molecule has 1 N–H and O–H groups in total. The predicted molar refractivity (Wildman–Crippen MR) is 97.6 cm³/mol. The van der Waals surface area contributed by atoms with E-state index in [1.165, 1.54) is 11.3 Å². The van der Waals surface area contributed by atoms with Gasteiger partial charge >= 0.3 is 12.1 Å². The van der Waals surface area contributed by atoms with Gasteiger partial charge in [-0.15, -0.1) is 11.3 Å². The third-order valence-electron chi connectivity index (χ3n) is 4.16. The summed E-state index contributed by atoms with van der Waals surface area (Å²) >= 11 is 1.45. The number of carbonyl (C=O) groups excluding carboxylic acids is 2. The van der Waals surface area contributed by atoms with Crippen LogP contribution in [0.4, 0.5) is 9.80 Å². The highest BCUT2D eigenvalue weighted by molar-refractivity contribution is 7.17. The van der Waals surface area contributed by atoms with Gasteiger partial charge in [0.1, 0.15) is 10.8 Å². The van der Waals surface area contributed by atoms with Gasteiger partial charge in [-0.2, -0.15) is 0 Å². The van der Waals surface area contributed by atoms with Crippen LogP contribution in [0.25, 0.3) is 0 Å². The van der Waals surface area contributed by atoms with Crippen LogP contribution in [-0.4, -0.2) is 18.7 Å². The fourth-order valence-corrected chi connectivity index (χ4v) is 4.36. The highest BCUT2D eigenvalue weighted by atomic mass is 32.1. The first-order valence-electron chi connectivity index (χ1n) is 8.44. The normalized spacial score (nSPS) is 16.0. The summed E-state index contributed by atoms with van der Waals surface area (Å²) in [5, 5.41) is 3.24. The SMILES string of the molecule is CCOC(=O)c1c(NC(=O)Oc2ccccc2)sc2c1CC[C@H](C)C2. The van der Waals surface area contributed by atoms with E-state index in [0.717, 1.165) is 29.7 Å². The Morgan fingerprint density at radius 3 is 2.76 bits per heavy atom. The van der Waals surface area contributed by atoms with E-state index in [1.54, 1.807) is 31.2 Å². The molecule has 1 atom stereocenters. The smallest absolute Gasteiger partial charge is 0.417 e. The molecule has 132 valence electrons. The van der Waals surface area contributed by atoms with Gasteiger partial charge in [0.15, 0.2) is 0 Å². The van der Waals surface area contributed by atoms with Crippen molar-refractivity contribution >= 4 is 28.4 Å². The molecular weight excluding hydrogens is 338 g/mol. The molecule has 6 heteroatoms. The fourth-order valence-electron chi connectivity index (χ4n) is 2.97. The van der Waals surface area contributed by atoms with Crippen molar-refractivity contribution in [3.63, 3.8) is 0 Å². The van der Waals surface area contributed by atoms with Crippen LogP contribution in [0.2, 0.25) is 0 Å². The Bertz CT molecular complexity index is 769. The molecular formula is C19H21NO4S. The number of benzene rings is 1. The summed E-state index contributed by atoms with van der Waals surface area (Å²) in [4.78, 5) is 25.8. The molecule has 3 rings (SSSR count). The molecule has 1 aromatic carbocycles. The molecule has 0 spiro atoms. The zero-order chi connectivity index (χ0) is 17.8. The summed E-state index contributed by atoms with van der Waals surface area (Å²) in [5.74, 6) is 0.641. The van der Waals surface area contributed by atoms with Gasteiger partial charge in [-0.25, -0.2) is 9.59 Å². The fraction of sp³-hybridized carbons (Fsp3) is 0.368. The zero-order valence-corrected chi connectivity index (χ0v) is 15.2. The molecule has 0 saturated heterocycles. The van der Waals surface area contributed by atoms with Crippen LogP contribution in [0.1, 0.15) is 41.1 Å². The van der Waals surface area contributed by atoms with Gasteiger partial charge in [0.05, 0.1) is 12.2 Å². The first-order chi connectivity index (χ1) is 12.1. The Hall–Kier alpha value is -2.34. The van der Waals surface area contributed by atoms with Gasteiger partial charge in [-0.3, -0.25) is 5.32 Å². The standard InChI is InChI=1S/C19H21NO4S/c1-3-23-18(21)16-14-10-9-12(2)11-15(14)25-17(16)20-19(22)24-13-7-5-4-6-8-13/h4-8,12H,3,9-11H2,1-2H3,(H,20,22)/t12-/m0/s1. The molecule has 1 amide bonds. The molecule has 2 aromatic rings. The van der Waals surface area contributed by atoms with Crippen LogP contribution in [0.15, 0.2) is 30.3 Å². The summed E-state index contributed by atoms with van der Waals surface area (Å²) in [6.45, 7) is 4.27. The molecule has 0 bridgehead atoms. The van der Waals surface area contributed by atoms with Gasteiger partial charge < -0.3 is 9.47 Å². The van der Waals surface area contributed by atoms with E-state index in [1.807, 2.05) is 6.07 Å². The predicted octanol–water partition coefficient (Wildman–Crippen LogP) is 4.66. The molecule has 5 nitrogen and oxygen atoms in total. The Labute approximate surface area is 151 Å². The number of esters is 1. The average Bonchev–Trinajstić information content (AvgIpc) is 2.92. The van der Waals surface area contributed by atoms with E-state index >= 15 is 0 Å². The number of hydrogen-bond donors (Lipinski definition) is 1. The minimum absolute atomic E-state index is 0.299. The van der Waals surface area contributed by atoms with Gasteiger partial charge in [-0.05, 0) is 49.8 Å². The zero-order valence-electron chi connectivity index (χ0n) is 14.3. The van der Waals surface area contributed by atoms with Crippen molar-refractivity contribution in [3.8, 4) is 5.75 Å². The summed E-state index contributed by atoms with van der Waals surface area (Å²) in [6, 6.07) is 8.83. The molecule has 0 fully saturated rings. The first-order valence-corrected chi connectivity index (χ1v) is 9.25. The lowest BCUT2D eigenvalue weighted by Gasteiger charge is -2.18. The number of carbonyl (C=O) groups is 2. The second-order valence-corrected chi connectivity index (χ2v) is 7.21. The van der Waals surface area contributed by atoms with Crippen molar-refractivity contribution < 1.29 is 19.1 Å². The third kappa shape index (κ3) is 4.02. The number of thiophene rings is 1. The molecule has 1 aliphatic rings. The lowest BCUT2D eigenvalue weighted by atomic mass is 9.88. The van der Waals surface area contributed by atoms with Crippen LogP contribution >= 0.6 is 11.3 Å². The van der Waals surface area contributed by atoms with E-state index < -0.39 is 6.09 Å². The minimum atomic E-state index is -0.608. The highest BCUT2D eigenvalue weighted by Crippen LogP contribution is 2.40. The topological polar surface area (TPSA) is 64.6 Å².